The van der Waals surface area contributed by atoms with Crippen molar-refractivity contribution >= 4 is 78.1 Å². The number of ether oxygens (including phenoxy) is 2. The van der Waals surface area contributed by atoms with Crippen LogP contribution in [0.4, 0.5) is 0 Å². The molecule has 4 aromatic carbocycles. The molecule has 2 aromatic heterocycles. The lowest BCUT2D eigenvalue weighted by Gasteiger charge is -2.22. The molecule has 0 saturated heterocycles. The second kappa shape index (κ2) is 10.1. The molecule has 6 rings (SSSR count). The van der Waals surface area contributed by atoms with Crippen LogP contribution < -0.4 is 0 Å². The molecule has 0 amide bonds. The first-order valence-corrected chi connectivity index (χ1v) is 13.9. The van der Waals surface area contributed by atoms with Crippen LogP contribution in [0.2, 0.25) is 0 Å². The summed E-state index contributed by atoms with van der Waals surface area (Å²) in [6.45, 7) is 0. The van der Waals surface area contributed by atoms with Crippen molar-refractivity contribution in [2.45, 2.75) is 0 Å². The molecule has 40 heavy (non-hydrogen) atoms. The number of esters is 2. The molecule has 0 N–H and O–H groups in total. The van der Waals surface area contributed by atoms with Crippen molar-refractivity contribution in [3.63, 3.8) is 0 Å². The molecule has 0 aliphatic rings. The summed E-state index contributed by atoms with van der Waals surface area (Å²) in [7, 11) is 2.54. The summed E-state index contributed by atoms with van der Waals surface area (Å²) in [4.78, 5) is 52.3. The van der Waals surface area contributed by atoms with Gasteiger partial charge < -0.3 is 9.47 Å². The van der Waals surface area contributed by atoms with E-state index >= 15 is 0 Å². The summed E-state index contributed by atoms with van der Waals surface area (Å²) in [6, 6.07) is 22.2. The molecule has 6 aromatic rings. The average Bonchev–Trinajstić information content (AvgIpc) is 3.64. The van der Waals surface area contributed by atoms with E-state index in [1.54, 1.807) is 12.1 Å². The number of aldehydes is 2. The van der Waals surface area contributed by atoms with Crippen LogP contribution in [-0.2, 0) is 9.47 Å². The van der Waals surface area contributed by atoms with Crippen molar-refractivity contribution in [2.75, 3.05) is 14.2 Å². The van der Waals surface area contributed by atoms with Crippen LogP contribution in [0.25, 0.3) is 53.2 Å². The van der Waals surface area contributed by atoms with Crippen molar-refractivity contribution in [1.82, 2.24) is 0 Å². The highest BCUT2D eigenvalue weighted by Gasteiger charge is 2.33. The maximum absolute atomic E-state index is 13.7. The predicted molar refractivity (Wildman–Crippen MR) is 159 cm³/mol. The van der Waals surface area contributed by atoms with Gasteiger partial charge in [0.15, 0.2) is 12.6 Å². The minimum atomic E-state index is -0.698. The number of hydrogen-bond acceptors (Lipinski definition) is 8. The molecule has 6 nitrogen and oxygen atoms in total. The lowest BCUT2D eigenvalue weighted by Crippen LogP contribution is -2.16. The van der Waals surface area contributed by atoms with E-state index in [4.69, 9.17) is 9.47 Å². The highest BCUT2D eigenvalue weighted by Crippen LogP contribution is 2.51. The highest BCUT2D eigenvalue weighted by atomic mass is 32.1. The van der Waals surface area contributed by atoms with Crippen LogP contribution in [-0.4, -0.2) is 38.7 Å². The van der Waals surface area contributed by atoms with E-state index < -0.39 is 11.9 Å². The van der Waals surface area contributed by atoms with E-state index in [1.807, 2.05) is 60.7 Å². The molecular formula is C32H20O6S2. The van der Waals surface area contributed by atoms with Gasteiger partial charge in [0.05, 0.1) is 44.5 Å². The molecule has 8 heteroatoms. The number of carbonyl (C=O) groups is 4. The molecule has 0 unspecified atom stereocenters. The normalized spacial score (nSPS) is 11.2. The molecular weight excluding hydrogens is 544 g/mol. The number of rotatable bonds is 6. The van der Waals surface area contributed by atoms with E-state index in [0.29, 0.717) is 42.8 Å². The molecule has 0 bridgehead atoms. The number of thiophene rings is 2. The van der Waals surface area contributed by atoms with Crippen molar-refractivity contribution < 1.29 is 28.7 Å². The Kier molecular flexibility index (Phi) is 6.50. The predicted octanol–water partition coefficient (Wildman–Crippen LogP) is 7.80. The topological polar surface area (TPSA) is 86.7 Å². The molecule has 0 fully saturated rings. The van der Waals surface area contributed by atoms with Crippen molar-refractivity contribution in [3.05, 3.63) is 93.7 Å². The van der Waals surface area contributed by atoms with E-state index in [9.17, 15) is 19.2 Å². The summed E-state index contributed by atoms with van der Waals surface area (Å²) in [5.74, 6) is -1.40. The molecule has 0 saturated carbocycles. The fourth-order valence-corrected chi connectivity index (χ4v) is 7.45. The van der Waals surface area contributed by atoms with Gasteiger partial charge in [-0.1, -0.05) is 60.7 Å². The highest BCUT2D eigenvalue weighted by molar-refractivity contribution is 7.28. The third-order valence-electron chi connectivity index (χ3n) is 6.88. The largest absolute Gasteiger partial charge is 0.465 e. The molecule has 0 aliphatic heterocycles. The second-order valence-corrected chi connectivity index (χ2v) is 11.2. The number of benzene rings is 4. The van der Waals surface area contributed by atoms with Gasteiger partial charge in [0.1, 0.15) is 0 Å². The second-order valence-electron chi connectivity index (χ2n) is 8.98. The van der Waals surface area contributed by atoms with Crippen LogP contribution in [0.5, 0.6) is 0 Å². The van der Waals surface area contributed by atoms with Gasteiger partial charge in [0.2, 0.25) is 0 Å². The summed E-state index contributed by atoms with van der Waals surface area (Å²) in [6.07, 6.45) is 1.59. The lowest BCUT2D eigenvalue weighted by atomic mass is 9.81. The Morgan fingerprint density at radius 3 is 1.32 bits per heavy atom. The zero-order chi connectivity index (χ0) is 28.0. The smallest absolute Gasteiger partial charge is 0.339 e. The number of methoxy groups -OCH3 is 2. The van der Waals surface area contributed by atoms with Gasteiger partial charge in [0, 0.05) is 32.7 Å². The third-order valence-corrected chi connectivity index (χ3v) is 9.17. The summed E-state index contributed by atoms with van der Waals surface area (Å²) in [5, 5.41) is 2.85. The van der Waals surface area contributed by atoms with Crippen LogP contribution in [0, 0.1) is 0 Å². The Labute approximate surface area is 236 Å². The van der Waals surface area contributed by atoms with Crippen molar-refractivity contribution in [3.8, 4) is 22.3 Å². The molecule has 0 atom stereocenters. The Morgan fingerprint density at radius 1 is 0.625 bits per heavy atom. The quantitative estimate of drug-likeness (QED) is 0.152. The van der Waals surface area contributed by atoms with Gasteiger partial charge in [-0.25, -0.2) is 9.59 Å². The van der Waals surface area contributed by atoms with Gasteiger partial charge in [-0.05, 0) is 23.3 Å². The standard InChI is InChI=1S/C32H20O6S2/c1-37-31(35)27-23(17-9-5-3-6-10-17)25-21-13-19(15-33)39-29(21)30-22(14-20(16-34)40-30)26(25)24(28(27)32(36)38-2)18-11-7-4-8-12-18/h3-16H,1-2H3. The zero-order valence-electron chi connectivity index (χ0n) is 21.3. The molecule has 0 spiro atoms. The maximum Gasteiger partial charge on any atom is 0.339 e. The number of carbonyl (C=O) groups excluding carboxylic acids is 4. The average molecular weight is 565 g/mol. The first-order valence-electron chi connectivity index (χ1n) is 12.2. The van der Waals surface area contributed by atoms with Gasteiger partial charge in [0.25, 0.3) is 0 Å². The minimum absolute atomic E-state index is 0.0669. The number of fused-ring (bicyclic) bond motifs is 6. The van der Waals surface area contributed by atoms with E-state index in [1.165, 1.54) is 36.9 Å². The fraction of sp³-hybridized carbons (Fsp3) is 0.0625. The Morgan fingerprint density at radius 2 is 1.00 bits per heavy atom. The SMILES string of the molecule is COC(=O)c1c(C(=O)OC)c(-c2ccccc2)c2c3cc(C=O)sc3c3sc(C=O)cc3c2c1-c1ccccc1. The van der Waals surface area contributed by atoms with Gasteiger partial charge in [-0.3, -0.25) is 9.59 Å². The monoisotopic (exact) mass is 564 g/mol. The Bertz CT molecular complexity index is 1840. The van der Waals surface area contributed by atoms with E-state index in [0.717, 1.165) is 32.7 Å². The molecule has 0 radical (unpaired) electrons. The molecule has 2 heterocycles. The van der Waals surface area contributed by atoms with Crippen LogP contribution in [0.3, 0.4) is 0 Å². The van der Waals surface area contributed by atoms with Gasteiger partial charge in [-0.2, -0.15) is 0 Å². The molecule has 196 valence electrons. The zero-order valence-corrected chi connectivity index (χ0v) is 23.0. The first kappa shape index (κ1) is 25.6. The first-order chi connectivity index (χ1) is 19.5. The van der Waals surface area contributed by atoms with Crippen molar-refractivity contribution in [2.24, 2.45) is 0 Å². The summed E-state index contributed by atoms with van der Waals surface area (Å²) in [5.41, 5.74) is 2.48. The lowest BCUT2D eigenvalue weighted by molar-refractivity contribution is 0.0557. The summed E-state index contributed by atoms with van der Waals surface area (Å²) >= 11 is 2.65. The molecule has 0 aliphatic carbocycles. The van der Waals surface area contributed by atoms with Crippen LogP contribution in [0.15, 0.2) is 72.8 Å². The summed E-state index contributed by atoms with van der Waals surface area (Å²) < 4.78 is 12.2. The van der Waals surface area contributed by atoms with Crippen LogP contribution >= 0.6 is 22.7 Å². The van der Waals surface area contributed by atoms with Crippen molar-refractivity contribution in [1.29, 1.82) is 0 Å². The van der Waals surface area contributed by atoms with Gasteiger partial charge in [-0.15, -0.1) is 22.7 Å². The maximum atomic E-state index is 13.7. The van der Waals surface area contributed by atoms with E-state index in [2.05, 4.69) is 0 Å². The Hall–Kier alpha value is -4.66. The van der Waals surface area contributed by atoms with E-state index in [-0.39, 0.29) is 11.1 Å². The minimum Gasteiger partial charge on any atom is -0.465 e. The van der Waals surface area contributed by atoms with Crippen LogP contribution in [0.1, 0.15) is 40.1 Å². The van der Waals surface area contributed by atoms with Gasteiger partial charge >= 0.3 is 11.9 Å². The Balaban J connectivity index is 2.05. The number of hydrogen-bond donors (Lipinski definition) is 0. The fourth-order valence-electron chi connectivity index (χ4n) is 5.33. The third kappa shape index (κ3) is 3.84.